The average molecular weight is 218 g/mol. The number of halogens is 1. The Hall–Kier alpha value is -0.250. The van der Waals surface area contributed by atoms with Crippen LogP contribution >= 0.6 is 23.4 Å². The summed E-state index contributed by atoms with van der Waals surface area (Å²) in [4.78, 5) is 3.91. The van der Waals surface area contributed by atoms with Crippen LogP contribution in [0, 0.1) is 0 Å². The van der Waals surface area contributed by atoms with Gasteiger partial charge in [-0.05, 0) is 23.8 Å². The van der Waals surface area contributed by atoms with Crippen LogP contribution in [0.1, 0.15) is 12.0 Å². The van der Waals surface area contributed by atoms with E-state index in [0.29, 0.717) is 0 Å². The first-order valence-corrected chi connectivity index (χ1v) is 5.65. The Kier molecular flexibility index (Phi) is 5.20. The molecule has 0 spiro atoms. The average Bonchev–Trinajstić information content (AvgIpc) is 2.15. The Labute approximate surface area is 87.3 Å². The van der Waals surface area contributed by atoms with Crippen LogP contribution in [0.2, 0.25) is 5.02 Å². The van der Waals surface area contributed by atoms with Gasteiger partial charge in [-0.15, -0.1) is 0 Å². The molecule has 0 fully saturated rings. The number of rotatable bonds is 5. The Morgan fingerprint density at radius 3 is 3.08 bits per heavy atom. The molecule has 0 aromatic carbocycles. The number of pyridine rings is 1. The predicted molar refractivity (Wildman–Crippen MR) is 57.1 cm³/mol. The van der Waals surface area contributed by atoms with E-state index in [-0.39, 0.29) is 6.61 Å². The number of aliphatic hydroxyl groups is 1. The molecule has 1 rings (SSSR count). The van der Waals surface area contributed by atoms with Crippen molar-refractivity contribution < 1.29 is 5.11 Å². The molecule has 0 aliphatic rings. The van der Waals surface area contributed by atoms with E-state index < -0.39 is 0 Å². The SMILES string of the molecule is OCCCSCc1ccncc1Cl. The Balaban J connectivity index is 2.32. The molecule has 0 saturated carbocycles. The maximum Gasteiger partial charge on any atom is 0.0629 e. The highest BCUT2D eigenvalue weighted by atomic mass is 35.5. The van der Waals surface area contributed by atoms with Crippen molar-refractivity contribution in [3.05, 3.63) is 29.0 Å². The van der Waals surface area contributed by atoms with Crippen molar-refractivity contribution in [2.24, 2.45) is 0 Å². The van der Waals surface area contributed by atoms with Gasteiger partial charge in [0.25, 0.3) is 0 Å². The monoisotopic (exact) mass is 217 g/mol. The fraction of sp³-hybridized carbons (Fsp3) is 0.444. The van der Waals surface area contributed by atoms with Gasteiger partial charge in [0.15, 0.2) is 0 Å². The summed E-state index contributed by atoms with van der Waals surface area (Å²) >= 11 is 7.68. The molecule has 72 valence electrons. The molecule has 0 radical (unpaired) electrons. The lowest BCUT2D eigenvalue weighted by atomic mass is 10.3. The van der Waals surface area contributed by atoms with Crippen LogP contribution in [0.5, 0.6) is 0 Å². The second-order valence-corrected chi connectivity index (χ2v) is 4.11. The van der Waals surface area contributed by atoms with E-state index in [1.165, 1.54) is 0 Å². The number of aliphatic hydroxyl groups excluding tert-OH is 1. The fourth-order valence-corrected chi connectivity index (χ4v) is 2.08. The minimum atomic E-state index is 0.261. The molecular formula is C9H12ClNOS. The highest BCUT2D eigenvalue weighted by Crippen LogP contribution is 2.19. The van der Waals surface area contributed by atoms with Crippen molar-refractivity contribution in [2.75, 3.05) is 12.4 Å². The van der Waals surface area contributed by atoms with E-state index in [1.54, 1.807) is 24.2 Å². The summed E-state index contributed by atoms with van der Waals surface area (Å²) in [5.74, 6) is 1.86. The maximum atomic E-state index is 8.57. The number of nitrogens with zero attached hydrogens (tertiary/aromatic N) is 1. The van der Waals surface area contributed by atoms with Crippen LogP contribution in [-0.4, -0.2) is 22.5 Å². The van der Waals surface area contributed by atoms with Crippen molar-refractivity contribution in [2.45, 2.75) is 12.2 Å². The number of thioether (sulfide) groups is 1. The summed E-state index contributed by atoms with van der Waals surface area (Å²) in [5, 5.41) is 9.29. The third-order valence-corrected chi connectivity index (χ3v) is 2.99. The van der Waals surface area contributed by atoms with E-state index in [0.717, 1.165) is 28.5 Å². The lowest BCUT2D eigenvalue weighted by Gasteiger charge is -2.02. The normalized spacial score (nSPS) is 10.3. The van der Waals surface area contributed by atoms with Crippen LogP contribution < -0.4 is 0 Å². The Bertz CT molecular complexity index is 257. The molecule has 1 heterocycles. The van der Waals surface area contributed by atoms with Crippen molar-refractivity contribution >= 4 is 23.4 Å². The second kappa shape index (κ2) is 6.24. The number of aromatic nitrogens is 1. The zero-order chi connectivity index (χ0) is 9.52. The predicted octanol–water partition coefficient (Wildman–Crippen LogP) is 2.35. The molecule has 1 aromatic heterocycles. The summed E-state index contributed by atoms with van der Waals surface area (Å²) in [5.41, 5.74) is 1.11. The molecule has 0 bridgehead atoms. The van der Waals surface area contributed by atoms with Gasteiger partial charge in [0, 0.05) is 24.8 Å². The van der Waals surface area contributed by atoms with Crippen LogP contribution in [0.15, 0.2) is 18.5 Å². The molecule has 1 aromatic rings. The summed E-state index contributed by atoms with van der Waals surface area (Å²) in [6.07, 6.45) is 4.24. The van der Waals surface area contributed by atoms with Crippen LogP contribution in [-0.2, 0) is 5.75 Å². The lowest BCUT2D eigenvalue weighted by molar-refractivity contribution is 0.296. The van der Waals surface area contributed by atoms with E-state index in [9.17, 15) is 0 Å². The Morgan fingerprint density at radius 1 is 1.54 bits per heavy atom. The third kappa shape index (κ3) is 3.98. The van der Waals surface area contributed by atoms with E-state index >= 15 is 0 Å². The highest BCUT2D eigenvalue weighted by molar-refractivity contribution is 7.98. The topological polar surface area (TPSA) is 33.1 Å². The lowest BCUT2D eigenvalue weighted by Crippen LogP contribution is -1.88. The largest absolute Gasteiger partial charge is 0.396 e. The van der Waals surface area contributed by atoms with E-state index in [2.05, 4.69) is 4.98 Å². The zero-order valence-electron chi connectivity index (χ0n) is 7.24. The Morgan fingerprint density at radius 2 is 2.38 bits per heavy atom. The highest BCUT2D eigenvalue weighted by Gasteiger charge is 1.98. The van der Waals surface area contributed by atoms with Crippen LogP contribution in [0.3, 0.4) is 0 Å². The van der Waals surface area contributed by atoms with Gasteiger partial charge in [-0.1, -0.05) is 11.6 Å². The molecule has 0 saturated heterocycles. The minimum Gasteiger partial charge on any atom is -0.396 e. The second-order valence-electron chi connectivity index (χ2n) is 2.60. The van der Waals surface area contributed by atoms with Crippen LogP contribution in [0.25, 0.3) is 0 Å². The fourth-order valence-electron chi connectivity index (χ4n) is 0.870. The van der Waals surface area contributed by atoms with Gasteiger partial charge in [0.2, 0.25) is 0 Å². The standard InChI is InChI=1S/C9H12ClNOS/c10-9-6-11-3-2-8(9)7-13-5-1-4-12/h2-3,6,12H,1,4-5,7H2. The first-order valence-electron chi connectivity index (χ1n) is 4.11. The minimum absolute atomic E-state index is 0.261. The molecule has 0 aliphatic carbocycles. The molecule has 0 amide bonds. The number of hydrogen-bond acceptors (Lipinski definition) is 3. The summed E-state index contributed by atoms with van der Waals surface area (Å²) < 4.78 is 0. The summed E-state index contributed by atoms with van der Waals surface area (Å²) in [7, 11) is 0. The van der Waals surface area contributed by atoms with Gasteiger partial charge in [-0.25, -0.2) is 0 Å². The summed E-state index contributed by atoms with van der Waals surface area (Å²) in [6, 6.07) is 1.92. The number of hydrogen-bond donors (Lipinski definition) is 1. The van der Waals surface area contributed by atoms with E-state index in [1.807, 2.05) is 6.07 Å². The van der Waals surface area contributed by atoms with Crippen molar-refractivity contribution in [1.29, 1.82) is 0 Å². The van der Waals surface area contributed by atoms with Crippen molar-refractivity contribution in [1.82, 2.24) is 4.98 Å². The van der Waals surface area contributed by atoms with Gasteiger partial charge >= 0.3 is 0 Å². The first kappa shape index (κ1) is 10.8. The van der Waals surface area contributed by atoms with Gasteiger partial charge in [0.1, 0.15) is 0 Å². The zero-order valence-corrected chi connectivity index (χ0v) is 8.81. The smallest absolute Gasteiger partial charge is 0.0629 e. The van der Waals surface area contributed by atoms with Crippen molar-refractivity contribution in [3.63, 3.8) is 0 Å². The van der Waals surface area contributed by atoms with Gasteiger partial charge < -0.3 is 5.11 Å². The molecule has 0 atom stereocenters. The molecular weight excluding hydrogens is 206 g/mol. The molecule has 13 heavy (non-hydrogen) atoms. The molecule has 1 N–H and O–H groups in total. The summed E-state index contributed by atoms with van der Waals surface area (Å²) in [6.45, 7) is 0.261. The van der Waals surface area contributed by atoms with Gasteiger partial charge in [-0.3, -0.25) is 4.98 Å². The molecule has 4 heteroatoms. The van der Waals surface area contributed by atoms with Gasteiger partial charge in [0.05, 0.1) is 5.02 Å². The van der Waals surface area contributed by atoms with Crippen molar-refractivity contribution in [3.8, 4) is 0 Å². The molecule has 0 aliphatic heterocycles. The maximum absolute atomic E-state index is 8.57. The third-order valence-electron chi connectivity index (χ3n) is 1.56. The first-order chi connectivity index (χ1) is 6.34. The molecule has 0 unspecified atom stereocenters. The van der Waals surface area contributed by atoms with E-state index in [4.69, 9.17) is 16.7 Å². The van der Waals surface area contributed by atoms with Gasteiger partial charge in [-0.2, -0.15) is 11.8 Å². The quantitative estimate of drug-likeness (QED) is 0.769. The molecule has 2 nitrogen and oxygen atoms in total. The van der Waals surface area contributed by atoms with Crippen LogP contribution in [0.4, 0.5) is 0 Å².